The van der Waals surface area contributed by atoms with Crippen LogP contribution in [-0.4, -0.2) is 220 Å². The van der Waals surface area contributed by atoms with E-state index < -0.39 is 160 Å². The summed E-state index contributed by atoms with van der Waals surface area (Å²) in [5, 5.41) is 31.8. The Morgan fingerprint density at radius 3 is 1.91 bits per heavy atom. The molecule has 1 aromatic heterocycles. The number of likely N-dealkylation sites (N-methyl/N-ethyl adjacent to an activating group) is 2. The standard InChI is InChI=1S/C84H133N15O24P2.C2H6/c1-15-56(7)72-77(105)91-61(12)81(109)122-73(57(8)16-2)59(10)67(41-36-58(9)80(108)120-68(50-54(3)4)75(103)90-60(11)78(106)98(14)66(51-62-32-23-20-24-33-62)79(107)97(13)52-70(101)95-72)121-84(112)88-43-26-18-17-19-29-48-118-124(113,114)123-125(115,116)119-49-30-22-27-42-87-83(111)117-53-63-37-39-64(40-38-63)92-74(102)65(34-31-44-86-82(85)110)93-76(104)71(55(5)6)94-69(100)35-25-21-28-46-99-47-45-89-96-99;1-2/h16,20,23-24,32-33,36-40,45,47,54-56,59-61,65-68,71-73H,15,17-19,21-22,25-31,34-35,41-44,46,48-53H2,1-14H3,(H,87,111)(H,88,112)(H,90,103)(H,91,105)(H,92,102)(H,93,104)(H,94,100)(H,95,101)(H,113,114)(H,115,116)(H3,85,86,110);1-2H3/b57-16+,58-36+;/t56?,59-,60-,61+,65+,66+,67-,68+,71+,72-,73?;/m0./s1. The molecule has 4 rings (SSSR count). The Hall–Kier alpha value is -10.2. The Bertz CT molecular complexity index is 4120. The second-order valence-corrected chi connectivity index (χ2v) is 35.0. The number of unbranched alkanes of at least 4 members (excludes halogenated alkanes) is 8. The summed E-state index contributed by atoms with van der Waals surface area (Å²) in [6.07, 6.45) is 7.45. The van der Waals surface area contributed by atoms with Gasteiger partial charge in [0, 0.05) is 82.9 Å². The van der Waals surface area contributed by atoms with Gasteiger partial charge >= 0.3 is 45.8 Å². The van der Waals surface area contributed by atoms with Gasteiger partial charge in [-0.1, -0.05) is 154 Å². The van der Waals surface area contributed by atoms with Gasteiger partial charge in [-0.2, -0.15) is 4.31 Å². The summed E-state index contributed by atoms with van der Waals surface area (Å²) >= 11 is 0. The zero-order chi connectivity index (χ0) is 94.9. The molecule has 3 aromatic rings. The van der Waals surface area contributed by atoms with E-state index in [0.717, 1.165) is 17.7 Å². The van der Waals surface area contributed by atoms with Crippen LogP contribution in [-0.2, 0) is 109 Å². The van der Waals surface area contributed by atoms with E-state index in [4.69, 9.17) is 33.7 Å². The monoisotopic (exact) mass is 1830 g/mol. The maximum absolute atomic E-state index is 14.4. The highest BCUT2D eigenvalue weighted by Crippen LogP contribution is 2.60. The van der Waals surface area contributed by atoms with Crippen molar-refractivity contribution in [2.75, 3.05) is 58.8 Å². The third kappa shape index (κ3) is 43.5. The van der Waals surface area contributed by atoms with Crippen LogP contribution < -0.4 is 53.6 Å². The first-order valence-corrected chi connectivity index (χ1v) is 46.7. The van der Waals surface area contributed by atoms with Crippen molar-refractivity contribution in [2.24, 2.45) is 29.4 Å². The van der Waals surface area contributed by atoms with Crippen LogP contribution in [0.25, 0.3) is 0 Å². The molecule has 0 aliphatic carbocycles. The van der Waals surface area contributed by atoms with E-state index in [1.54, 1.807) is 119 Å². The fourth-order valence-electron chi connectivity index (χ4n) is 13.0. The third-order valence-electron chi connectivity index (χ3n) is 20.7. The lowest BCUT2D eigenvalue weighted by atomic mass is 9.90. The molecule has 1 aliphatic rings. The molecule has 1 aliphatic heterocycles. The number of phosphoric acid groups is 2. The number of rotatable bonds is 44. The van der Waals surface area contributed by atoms with Gasteiger partial charge in [-0.25, -0.2) is 33.1 Å². The van der Waals surface area contributed by atoms with E-state index in [-0.39, 0.29) is 114 Å². The van der Waals surface area contributed by atoms with Crippen molar-refractivity contribution < 1.29 is 114 Å². The first kappa shape index (κ1) is 111. The molecule has 0 spiro atoms. The Morgan fingerprint density at radius 1 is 0.709 bits per heavy atom. The number of aryl methyl sites for hydroxylation is 1. The number of ether oxygens (including phenoxy) is 4. The molecule has 712 valence electrons. The van der Waals surface area contributed by atoms with Gasteiger partial charge in [-0.15, -0.1) is 5.10 Å². The molecule has 13 N–H and O–H groups in total. The summed E-state index contributed by atoms with van der Waals surface area (Å²) in [6.45, 7) is 23.7. The number of allylic oxidation sites excluding steroid dienone is 1. The molecule has 12 amide bonds. The molecule has 0 saturated heterocycles. The number of benzene rings is 2. The quantitative estimate of drug-likeness (QED) is 0.00824. The second kappa shape index (κ2) is 59.0. The number of phosphoric ester groups is 2. The van der Waals surface area contributed by atoms with Gasteiger partial charge in [0.25, 0.3) is 5.91 Å². The lowest BCUT2D eigenvalue weighted by Gasteiger charge is -2.33. The van der Waals surface area contributed by atoms with Crippen molar-refractivity contribution in [2.45, 2.75) is 280 Å². The predicted octanol–water partition coefficient (Wildman–Crippen LogP) is 9.16. The van der Waals surface area contributed by atoms with Gasteiger partial charge < -0.3 is 92.1 Å². The first-order chi connectivity index (χ1) is 60.1. The fourth-order valence-corrected chi connectivity index (χ4v) is 15.1. The molecular weight excluding hydrogens is 1690 g/mol. The highest BCUT2D eigenvalue weighted by molar-refractivity contribution is 7.61. The first-order valence-electron chi connectivity index (χ1n) is 43.7. The summed E-state index contributed by atoms with van der Waals surface area (Å²) in [6, 6.07) is 7.55. The average Bonchev–Trinajstić information content (AvgIpc) is 1.37. The van der Waals surface area contributed by atoms with Crippen molar-refractivity contribution in [3.8, 4) is 0 Å². The van der Waals surface area contributed by atoms with Gasteiger partial charge in [-0.05, 0) is 145 Å². The number of alkyl carbamates (subject to hydrolysis) is 2. The summed E-state index contributed by atoms with van der Waals surface area (Å²) in [7, 11) is -7.38. The van der Waals surface area contributed by atoms with Crippen molar-refractivity contribution in [3.63, 3.8) is 0 Å². The maximum atomic E-state index is 14.4. The number of carbonyl (C=O) groups is 13. The van der Waals surface area contributed by atoms with Crippen LogP contribution in [0.1, 0.15) is 217 Å². The van der Waals surface area contributed by atoms with Crippen molar-refractivity contribution in [1.82, 2.24) is 67.3 Å². The van der Waals surface area contributed by atoms with Crippen molar-refractivity contribution in [3.05, 3.63) is 101 Å². The van der Waals surface area contributed by atoms with Crippen LogP contribution in [0.2, 0.25) is 0 Å². The number of nitrogens with zero attached hydrogens (tertiary/aromatic N) is 5. The van der Waals surface area contributed by atoms with Crippen molar-refractivity contribution in [1.29, 1.82) is 0 Å². The second-order valence-electron chi connectivity index (χ2n) is 32.0. The number of amides is 12. The lowest BCUT2D eigenvalue weighted by molar-refractivity contribution is -0.155. The van der Waals surface area contributed by atoms with Crippen LogP contribution in [0.5, 0.6) is 0 Å². The zero-order valence-corrected chi connectivity index (χ0v) is 78.3. The van der Waals surface area contributed by atoms with Gasteiger partial charge in [0.05, 0.1) is 26.0 Å². The number of aromatic nitrogens is 3. The number of cyclic esters (lactones) is 2. The topological polar surface area (TPSA) is 533 Å². The summed E-state index contributed by atoms with van der Waals surface area (Å²) in [5.41, 5.74) is 7.37. The normalized spacial score (nSPS) is 20.8. The molecule has 0 fully saturated rings. The number of hydrogen-bond donors (Lipinski definition) is 12. The minimum absolute atomic E-state index is 0.0113. The third-order valence-corrected chi connectivity index (χ3v) is 23.3. The molecule has 0 saturated carbocycles. The van der Waals surface area contributed by atoms with E-state index in [0.29, 0.717) is 80.3 Å². The Balaban J connectivity index is 0.0000206. The zero-order valence-electron chi connectivity index (χ0n) is 76.5. The minimum Gasteiger partial charge on any atom is -0.456 e. The number of nitrogens with one attached hydrogen (secondary N) is 9. The molecule has 13 atom stereocenters. The number of carbonyl (C=O) groups excluding carboxylic acids is 13. The Kier molecular flexibility index (Phi) is 51.6. The van der Waals surface area contributed by atoms with Crippen molar-refractivity contribution >= 4 is 98.7 Å². The van der Waals surface area contributed by atoms with Gasteiger partial charge in [0.1, 0.15) is 55.1 Å². The van der Waals surface area contributed by atoms with Crippen LogP contribution in [0, 0.1) is 23.7 Å². The van der Waals surface area contributed by atoms with E-state index in [2.05, 4.69) is 62.5 Å². The van der Waals surface area contributed by atoms with Crippen LogP contribution in [0.4, 0.5) is 20.1 Å². The van der Waals surface area contributed by atoms with Crippen LogP contribution in [0.15, 0.2) is 90.3 Å². The maximum Gasteiger partial charge on any atom is 0.481 e. The predicted molar refractivity (Wildman–Crippen MR) is 474 cm³/mol. The Morgan fingerprint density at radius 2 is 1.31 bits per heavy atom. The molecule has 2 aromatic carbocycles. The highest BCUT2D eigenvalue weighted by atomic mass is 31.3. The molecule has 41 heteroatoms. The van der Waals surface area contributed by atoms with E-state index in [9.17, 15) is 81.2 Å². The van der Waals surface area contributed by atoms with Crippen LogP contribution >= 0.6 is 15.6 Å². The number of hydrogen-bond acceptors (Lipinski definition) is 24. The van der Waals surface area contributed by atoms with Gasteiger partial charge in [0.2, 0.25) is 41.4 Å². The molecule has 0 bridgehead atoms. The van der Waals surface area contributed by atoms with E-state index in [1.807, 2.05) is 34.6 Å². The molecular formula is C86H139N15O24P2. The van der Waals surface area contributed by atoms with E-state index >= 15 is 0 Å². The molecule has 4 unspecified atom stereocenters. The molecule has 0 radical (unpaired) electrons. The van der Waals surface area contributed by atoms with E-state index in [1.165, 1.54) is 45.8 Å². The average molecular weight is 1830 g/mol. The molecule has 2 heterocycles. The summed E-state index contributed by atoms with van der Waals surface area (Å²) in [5.74, 6) is -8.59. The molecule has 127 heavy (non-hydrogen) atoms. The number of esters is 2. The number of anilines is 1. The number of nitrogens with two attached hydrogens (primary N) is 1. The smallest absolute Gasteiger partial charge is 0.456 e. The molecule has 39 nitrogen and oxygen atoms in total. The highest BCUT2D eigenvalue weighted by Gasteiger charge is 2.40. The lowest BCUT2D eigenvalue weighted by Crippen LogP contribution is -2.57. The SMILES string of the molecule is C/C=C(\C)C1OC(=O)[C@@H](C)NC(=O)[C@H](C(C)CC)NC(=O)CN(C)C(=O)[C@@H](Cc2ccccc2)N(C)C(=O)[C@H](C)NC(=O)[C@@H](CC(C)C)OC(=O)/C(C)=C/C[C@H](OC(=O)NCCCCCCCOP(=O)(O)OP(=O)(O)OCCCCCNC(=O)OCc2ccc(NC(=O)[C@@H](CCCNC(N)=O)NC(=O)[C@H](NC(=O)CCCCCn3ccnn3)C(C)C)cc2)[C@@H]1C.CC. The van der Waals surface area contributed by atoms with Gasteiger partial charge in [-0.3, -0.25) is 52.1 Å². The van der Waals surface area contributed by atoms with Crippen LogP contribution in [0.3, 0.4) is 0 Å². The fraction of sp³-hybridized carbons (Fsp3) is 0.640. The largest absolute Gasteiger partial charge is 0.481 e. The Labute approximate surface area is 746 Å². The number of primary amides is 1. The summed E-state index contributed by atoms with van der Waals surface area (Å²) < 4.78 is 64.6. The summed E-state index contributed by atoms with van der Waals surface area (Å²) in [4.78, 5) is 199. The minimum atomic E-state index is -5.08. The van der Waals surface area contributed by atoms with Gasteiger partial charge in [0.15, 0.2) is 6.10 Å². The number of urea groups is 1.